The van der Waals surface area contributed by atoms with Crippen LogP contribution in [0.4, 0.5) is 5.69 Å². The van der Waals surface area contributed by atoms with E-state index < -0.39 is 11.4 Å². The summed E-state index contributed by atoms with van der Waals surface area (Å²) in [5, 5.41) is 12.0. The predicted molar refractivity (Wildman–Crippen MR) is 76.4 cm³/mol. The fourth-order valence-electron chi connectivity index (χ4n) is 2.39. The zero-order valence-electron chi connectivity index (χ0n) is 11.6. The van der Waals surface area contributed by atoms with Crippen LogP contribution in [-0.2, 0) is 10.2 Å². The zero-order chi connectivity index (χ0) is 15.0. The molecule has 1 fully saturated rings. The number of carbonyl (C=O) groups excluding carboxylic acids is 1. The van der Waals surface area contributed by atoms with Crippen LogP contribution >= 0.6 is 0 Å². The highest BCUT2D eigenvalue weighted by molar-refractivity contribution is 6.04. The van der Waals surface area contributed by atoms with Crippen molar-refractivity contribution in [2.75, 3.05) is 5.32 Å². The molecule has 1 aliphatic carbocycles. The molecule has 0 saturated heterocycles. The molecule has 0 aliphatic heterocycles. The summed E-state index contributed by atoms with van der Waals surface area (Å²) >= 11 is 0. The van der Waals surface area contributed by atoms with E-state index in [1.807, 2.05) is 0 Å². The van der Waals surface area contributed by atoms with Crippen LogP contribution in [0.5, 0.6) is 0 Å². The van der Waals surface area contributed by atoms with Crippen molar-refractivity contribution in [3.8, 4) is 0 Å². The molecule has 0 atom stereocenters. The minimum Gasteiger partial charge on any atom is -0.481 e. The Morgan fingerprint density at radius 2 is 1.90 bits per heavy atom. The Labute approximate surface area is 121 Å². The molecule has 5 nitrogen and oxygen atoms in total. The summed E-state index contributed by atoms with van der Waals surface area (Å²) in [5.41, 5.74) is 1.15. The quantitative estimate of drug-likeness (QED) is 0.905. The van der Waals surface area contributed by atoms with Crippen molar-refractivity contribution in [3.05, 3.63) is 53.5 Å². The number of aliphatic carboxylic acids is 1. The van der Waals surface area contributed by atoms with Crippen LogP contribution in [0.15, 0.2) is 41.0 Å². The van der Waals surface area contributed by atoms with E-state index in [4.69, 9.17) is 4.42 Å². The van der Waals surface area contributed by atoms with E-state index in [0.717, 1.165) is 5.56 Å². The van der Waals surface area contributed by atoms with E-state index >= 15 is 0 Å². The lowest BCUT2D eigenvalue weighted by atomic mass is 9.96. The van der Waals surface area contributed by atoms with Gasteiger partial charge in [0.2, 0.25) is 0 Å². The first-order chi connectivity index (χ1) is 10.0. The van der Waals surface area contributed by atoms with Crippen LogP contribution in [-0.4, -0.2) is 17.0 Å². The molecule has 1 aromatic carbocycles. The van der Waals surface area contributed by atoms with Gasteiger partial charge in [0, 0.05) is 5.69 Å². The molecule has 1 heterocycles. The van der Waals surface area contributed by atoms with Gasteiger partial charge in [0.25, 0.3) is 5.91 Å². The summed E-state index contributed by atoms with van der Waals surface area (Å²) < 4.78 is 5.10. The number of carboxylic acid groups (broad SMARTS) is 1. The molecule has 0 spiro atoms. The van der Waals surface area contributed by atoms with Gasteiger partial charge in [-0.3, -0.25) is 9.59 Å². The van der Waals surface area contributed by atoms with Gasteiger partial charge in [0.15, 0.2) is 0 Å². The second-order valence-corrected chi connectivity index (χ2v) is 5.36. The molecule has 2 aromatic rings. The van der Waals surface area contributed by atoms with Gasteiger partial charge in [-0.1, -0.05) is 12.1 Å². The molecular weight excluding hydrogens is 270 g/mol. The van der Waals surface area contributed by atoms with Gasteiger partial charge >= 0.3 is 5.97 Å². The van der Waals surface area contributed by atoms with Crippen molar-refractivity contribution in [2.45, 2.75) is 25.2 Å². The van der Waals surface area contributed by atoms with Crippen LogP contribution in [0.3, 0.4) is 0 Å². The third kappa shape index (κ3) is 2.42. The number of amides is 1. The highest BCUT2D eigenvalue weighted by atomic mass is 16.4. The number of carbonyl (C=O) groups is 2. The van der Waals surface area contributed by atoms with Gasteiger partial charge in [0.1, 0.15) is 12.0 Å². The number of hydrogen-bond acceptors (Lipinski definition) is 3. The van der Waals surface area contributed by atoms with Crippen molar-refractivity contribution >= 4 is 17.6 Å². The largest absolute Gasteiger partial charge is 0.481 e. The summed E-state index contributed by atoms with van der Waals surface area (Å²) in [5.74, 6) is -0.361. The molecular formula is C16H15NO4. The molecule has 0 unspecified atom stereocenters. The van der Waals surface area contributed by atoms with E-state index in [-0.39, 0.29) is 5.91 Å². The highest BCUT2D eigenvalue weighted by Gasteiger charge is 2.51. The average Bonchev–Trinajstić information content (AvgIpc) is 3.16. The van der Waals surface area contributed by atoms with E-state index in [2.05, 4.69) is 5.32 Å². The number of hydrogen-bond donors (Lipinski definition) is 2. The molecule has 5 heteroatoms. The maximum atomic E-state index is 12.0. The molecule has 21 heavy (non-hydrogen) atoms. The fraction of sp³-hybridized carbons (Fsp3) is 0.250. The zero-order valence-corrected chi connectivity index (χ0v) is 11.6. The van der Waals surface area contributed by atoms with Gasteiger partial charge in [-0.05, 0) is 43.5 Å². The second-order valence-electron chi connectivity index (χ2n) is 5.36. The van der Waals surface area contributed by atoms with Crippen LogP contribution in [0, 0.1) is 6.92 Å². The van der Waals surface area contributed by atoms with Crippen LogP contribution in [0.2, 0.25) is 0 Å². The molecule has 0 radical (unpaired) electrons. The highest BCUT2D eigenvalue weighted by Crippen LogP contribution is 2.48. The normalized spacial score (nSPS) is 15.5. The maximum absolute atomic E-state index is 12.0. The number of aryl methyl sites for hydroxylation is 1. The number of furan rings is 1. The third-order valence-electron chi connectivity index (χ3n) is 3.85. The first-order valence-electron chi connectivity index (χ1n) is 6.72. The Bertz CT molecular complexity index is 695. The molecule has 0 bridgehead atoms. The molecule has 1 aromatic heterocycles. The minimum atomic E-state index is -0.784. The van der Waals surface area contributed by atoms with Crippen molar-refractivity contribution < 1.29 is 19.1 Å². The molecule has 108 valence electrons. The van der Waals surface area contributed by atoms with Gasteiger partial charge in [0.05, 0.1) is 11.0 Å². The van der Waals surface area contributed by atoms with Gasteiger partial charge in [-0.2, -0.15) is 0 Å². The number of anilines is 1. The van der Waals surface area contributed by atoms with Gasteiger partial charge in [-0.15, -0.1) is 0 Å². The first-order valence-corrected chi connectivity index (χ1v) is 6.72. The standard InChI is InChI=1S/C16H15NO4/c1-10-8-11(9-21-10)14(18)17-13-4-2-12(3-5-13)16(6-7-16)15(19)20/h2-5,8-9H,6-7H2,1H3,(H,17,18)(H,19,20). The van der Waals surface area contributed by atoms with Crippen LogP contribution in [0.25, 0.3) is 0 Å². The molecule has 1 saturated carbocycles. The van der Waals surface area contributed by atoms with Crippen molar-refractivity contribution in [1.82, 2.24) is 0 Å². The summed E-state index contributed by atoms with van der Waals surface area (Å²) in [6, 6.07) is 8.63. The monoisotopic (exact) mass is 285 g/mol. The lowest BCUT2D eigenvalue weighted by Gasteiger charge is -2.11. The Hall–Kier alpha value is -2.56. The molecule has 3 rings (SSSR count). The smallest absolute Gasteiger partial charge is 0.314 e. The Morgan fingerprint density at radius 1 is 1.24 bits per heavy atom. The van der Waals surface area contributed by atoms with Crippen LogP contribution in [0.1, 0.15) is 34.5 Å². The Kier molecular flexibility index (Phi) is 3.05. The van der Waals surface area contributed by atoms with E-state index in [0.29, 0.717) is 29.9 Å². The third-order valence-corrected chi connectivity index (χ3v) is 3.85. The SMILES string of the molecule is Cc1cc(C(=O)Nc2ccc(C3(C(=O)O)CC3)cc2)co1. The summed E-state index contributed by atoms with van der Waals surface area (Å²) in [6.45, 7) is 1.77. The first kappa shape index (κ1) is 13.4. The van der Waals surface area contributed by atoms with Gasteiger partial charge < -0.3 is 14.8 Å². The van der Waals surface area contributed by atoms with Crippen molar-refractivity contribution in [2.24, 2.45) is 0 Å². The van der Waals surface area contributed by atoms with E-state index in [9.17, 15) is 14.7 Å². The lowest BCUT2D eigenvalue weighted by molar-refractivity contribution is -0.140. The number of nitrogens with one attached hydrogen (secondary N) is 1. The average molecular weight is 285 g/mol. The minimum absolute atomic E-state index is 0.251. The fourth-order valence-corrected chi connectivity index (χ4v) is 2.39. The predicted octanol–water partition coefficient (Wildman–Crippen LogP) is 2.96. The topological polar surface area (TPSA) is 79.5 Å². The second kappa shape index (κ2) is 4.77. The van der Waals surface area contributed by atoms with Gasteiger partial charge in [-0.25, -0.2) is 0 Å². The molecule has 2 N–H and O–H groups in total. The van der Waals surface area contributed by atoms with Crippen molar-refractivity contribution in [1.29, 1.82) is 0 Å². The summed E-state index contributed by atoms with van der Waals surface area (Å²) in [6.07, 6.45) is 2.74. The Morgan fingerprint density at radius 3 is 2.38 bits per heavy atom. The van der Waals surface area contributed by atoms with E-state index in [1.54, 1.807) is 37.3 Å². The Balaban J connectivity index is 1.73. The van der Waals surface area contributed by atoms with Crippen LogP contribution < -0.4 is 5.32 Å². The maximum Gasteiger partial charge on any atom is 0.314 e. The lowest BCUT2D eigenvalue weighted by Crippen LogP contribution is -2.19. The molecule has 1 amide bonds. The number of carboxylic acids is 1. The molecule has 1 aliphatic rings. The van der Waals surface area contributed by atoms with Crippen molar-refractivity contribution in [3.63, 3.8) is 0 Å². The van der Waals surface area contributed by atoms with E-state index in [1.165, 1.54) is 6.26 Å². The number of benzene rings is 1. The summed E-state index contributed by atoms with van der Waals surface area (Å²) in [4.78, 5) is 23.2. The number of rotatable bonds is 4. The summed E-state index contributed by atoms with van der Waals surface area (Å²) in [7, 11) is 0.